The molecule has 1 unspecified atom stereocenters. The quantitative estimate of drug-likeness (QED) is 0.782. The minimum atomic E-state index is -0.105. The van der Waals surface area contributed by atoms with Crippen LogP contribution in [0.15, 0.2) is 0 Å². The zero-order valence-corrected chi connectivity index (χ0v) is 11.3. The molecule has 0 aromatic carbocycles. The maximum Gasteiger partial charge on any atom is 0.234 e. The lowest BCUT2D eigenvalue weighted by Gasteiger charge is -2.40. The van der Waals surface area contributed by atoms with Crippen molar-refractivity contribution in [2.24, 2.45) is 5.92 Å². The zero-order chi connectivity index (χ0) is 11.5. The van der Waals surface area contributed by atoms with Gasteiger partial charge in [0.2, 0.25) is 5.91 Å². The molecule has 3 nitrogen and oxygen atoms in total. The van der Waals surface area contributed by atoms with Crippen molar-refractivity contribution in [1.82, 2.24) is 5.32 Å². The Kier molecular flexibility index (Phi) is 4.59. The van der Waals surface area contributed by atoms with Crippen LogP contribution in [-0.4, -0.2) is 30.0 Å². The van der Waals surface area contributed by atoms with E-state index >= 15 is 0 Å². The summed E-state index contributed by atoms with van der Waals surface area (Å²) in [6.07, 6.45) is 3.31. The summed E-state index contributed by atoms with van der Waals surface area (Å²) in [7, 11) is 1.72. The number of hydrogen-bond acceptors (Lipinski definition) is 2. The fourth-order valence-corrected chi connectivity index (χ4v) is 1.83. The Morgan fingerprint density at radius 2 is 2.13 bits per heavy atom. The van der Waals surface area contributed by atoms with Crippen LogP contribution in [-0.2, 0) is 9.53 Å². The fraction of sp³-hybridized carbons (Fsp3) is 0.909. The molecule has 1 amide bonds. The van der Waals surface area contributed by atoms with Gasteiger partial charge in [-0.1, -0.05) is 29.8 Å². The lowest BCUT2D eigenvalue weighted by atomic mass is 9.80. The van der Waals surface area contributed by atoms with Gasteiger partial charge in [0.1, 0.15) is 0 Å². The molecule has 1 saturated carbocycles. The molecule has 4 heteroatoms. The molecular weight excluding hydrogens is 258 g/mol. The number of carbonyl (C=O) groups is 1. The van der Waals surface area contributed by atoms with E-state index in [1.165, 1.54) is 6.42 Å². The molecule has 1 atom stereocenters. The molecule has 1 N–H and O–H groups in total. The van der Waals surface area contributed by atoms with E-state index in [0.29, 0.717) is 12.5 Å². The number of nitrogens with one attached hydrogen (secondary N) is 1. The van der Waals surface area contributed by atoms with Crippen LogP contribution in [0.4, 0.5) is 0 Å². The first-order valence-corrected chi connectivity index (χ1v) is 6.39. The smallest absolute Gasteiger partial charge is 0.234 e. The maximum absolute atomic E-state index is 11.7. The topological polar surface area (TPSA) is 38.3 Å². The number of halogens is 1. The van der Waals surface area contributed by atoms with Gasteiger partial charge in [0.15, 0.2) is 0 Å². The number of amides is 1. The summed E-state index contributed by atoms with van der Waals surface area (Å²) in [5.41, 5.74) is -0.0840. The Balaban J connectivity index is 2.33. The van der Waals surface area contributed by atoms with E-state index in [4.69, 9.17) is 4.74 Å². The Morgan fingerprint density at radius 1 is 1.53 bits per heavy atom. The molecule has 88 valence electrons. The Morgan fingerprint density at radius 3 is 2.47 bits per heavy atom. The number of rotatable bonds is 5. The maximum atomic E-state index is 11.7. The summed E-state index contributed by atoms with van der Waals surface area (Å²) in [4.78, 5) is 11.6. The first-order chi connectivity index (χ1) is 7.01. The third kappa shape index (κ3) is 3.18. The zero-order valence-electron chi connectivity index (χ0n) is 9.68. The Hall–Kier alpha value is -0.0900. The van der Waals surface area contributed by atoms with Crippen LogP contribution in [0.1, 0.15) is 33.1 Å². The molecule has 1 fully saturated rings. The average molecular weight is 278 g/mol. The highest BCUT2D eigenvalue weighted by Gasteiger charge is 2.37. The van der Waals surface area contributed by atoms with Gasteiger partial charge in [0, 0.05) is 13.7 Å². The molecule has 0 aromatic heterocycles. The number of ether oxygens (including phenoxy) is 1. The molecule has 0 radical (unpaired) electrons. The van der Waals surface area contributed by atoms with E-state index in [-0.39, 0.29) is 16.3 Å². The second-order valence-electron chi connectivity index (χ2n) is 4.60. The number of alkyl halides is 1. The largest absolute Gasteiger partial charge is 0.376 e. The van der Waals surface area contributed by atoms with Crippen molar-refractivity contribution in [1.29, 1.82) is 0 Å². The summed E-state index contributed by atoms with van der Waals surface area (Å²) in [6, 6.07) is 0. The van der Waals surface area contributed by atoms with Gasteiger partial charge in [0.05, 0.1) is 10.4 Å². The highest BCUT2D eigenvalue weighted by Crippen LogP contribution is 2.34. The summed E-state index contributed by atoms with van der Waals surface area (Å²) in [5.74, 6) is 0.373. The van der Waals surface area contributed by atoms with Gasteiger partial charge < -0.3 is 10.1 Å². The molecule has 1 aliphatic rings. The van der Waals surface area contributed by atoms with E-state index in [1.54, 1.807) is 7.11 Å². The van der Waals surface area contributed by atoms with Crippen LogP contribution in [0.2, 0.25) is 0 Å². The van der Waals surface area contributed by atoms with Gasteiger partial charge >= 0.3 is 0 Å². The normalized spacial score (nSPS) is 20.9. The van der Waals surface area contributed by atoms with E-state index in [2.05, 4.69) is 21.2 Å². The standard InChI is InChI=1S/C11H20BrNO2/c1-8(2)9(12)10(14)13-7-11(15-3)5-4-6-11/h8-9H,4-7H2,1-3H3,(H,13,14). The van der Waals surface area contributed by atoms with Crippen molar-refractivity contribution < 1.29 is 9.53 Å². The molecule has 0 aromatic rings. The molecule has 0 bridgehead atoms. The lowest BCUT2D eigenvalue weighted by Crippen LogP contribution is -2.50. The number of methoxy groups -OCH3 is 1. The Labute approximate surface area is 100 Å². The van der Waals surface area contributed by atoms with Gasteiger partial charge in [-0.25, -0.2) is 0 Å². The third-order valence-electron chi connectivity index (χ3n) is 3.12. The predicted molar refractivity (Wildman–Crippen MR) is 64.2 cm³/mol. The van der Waals surface area contributed by atoms with Crippen molar-refractivity contribution in [2.75, 3.05) is 13.7 Å². The molecule has 0 saturated heterocycles. The van der Waals surface area contributed by atoms with Crippen LogP contribution in [0.5, 0.6) is 0 Å². The molecular formula is C11H20BrNO2. The van der Waals surface area contributed by atoms with Gasteiger partial charge in [-0.05, 0) is 25.2 Å². The molecule has 0 heterocycles. The second kappa shape index (κ2) is 5.30. The predicted octanol–water partition coefficient (Wildman–Crippen LogP) is 2.09. The van der Waals surface area contributed by atoms with Crippen LogP contribution in [0.25, 0.3) is 0 Å². The second-order valence-corrected chi connectivity index (χ2v) is 5.59. The number of hydrogen-bond donors (Lipinski definition) is 1. The van der Waals surface area contributed by atoms with Crippen LogP contribution < -0.4 is 5.32 Å². The number of carbonyl (C=O) groups excluding carboxylic acids is 1. The monoisotopic (exact) mass is 277 g/mol. The Bertz CT molecular complexity index is 221. The summed E-state index contributed by atoms with van der Waals surface area (Å²) >= 11 is 3.38. The van der Waals surface area contributed by atoms with Crippen molar-refractivity contribution in [3.8, 4) is 0 Å². The summed E-state index contributed by atoms with van der Waals surface area (Å²) < 4.78 is 5.43. The highest BCUT2D eigenvalue weighted by molar-refractivity contribution is 9.10. The lowest BCUT2D eigenvalue weighted by molar-refractivity contribution is -0.124. The average Bonchev–Trinajstić information content (AvgIpc) is 2.15. The third-order valence-corrected chi connectivity index (χ3v) is 4.59. The van der Waals surface area contributed by atoms with Crippen molar-refractivity contribution >= 4 is 21.8 Å². The minimum Gasteiger partial charge on any atom is -0.376 e. The molecule has 15 heavy (non-hydrogen) atoms. The van der Waals surface area contributed by atoms with Crippen molar-refractivity contribution in [3.05, 3.63) is 0 Å². The van der Waals surface area contributed by atoms with Crippen molar-refractivity contribution in [2.45, 2.75) is 43.5 Å². The van der Waals surface area contributed by atoms with Crippen LogP contribution in [0.3, 0.4) is 0 Å². The van der Waals surface area contributed by atoms with Gasteiger partial charge in [-0.3, -0.25) is 4.79 Å². The van der Waals surface area contributed by atoms with Gasteiger partial charge in [-0.2, -0.15) is 0 Å². The van der Waals surface area contributed by atoms with Crippen LogP contribution >= 0.6 is 15.9 Å². The SMILES string of the molecule is COC1(CNC(=O)C(Br)C(C)C)CCC1. The van der Waals surface area contributed by atoms with E-state index < -0.39 is 0 Å². The highest BCUT2D eigenvalue weighted by atomic mass is 79.9. The van der Waals surface area contributed by atoms with E-state index in [9.17, 15) is 4.79 Å². The molecule has 1 rings (SSSR count). The van der Waals surface area contributed by atoms with Gasteiger partial charge in [-0.15, -0.1) is 0 Å². The first-order valence-electron chi connectivity index (χ1n) is 5.48. The molecule has 0 spiro atoms. The van der Waals surface area contributed by atoms with E-state index in [1.807, 2.05) is 13.8 Å². The van der Waals surface area contributed by atoms with Crippen molar-refractivity contribution in [3.63, 3.8) is 0 Å². The van der Waals surface area contributed by atoms with E-state index in [0.717, 1.165) is 12.8 Å². The van der Waals surface area contributed by atoms with Gasteiger partial charge in [0.25, 0.3) is 0 Å². The molecule has 1 aliphatic carbocycles. The summed E-state index contributed by atoms with van der Waals surface area (Å²) in [6.45, 7) is 4.68. The molecule has 0 aliphatic heterocycles. The summed E-state index contributed by atoms with van der Waals surface area (Å²) in [5, 5.41) is 2.95. The van der Waals surface area contributed by atoms with Crippen LogP contribution in [0, 0.1) is 5.92 Å². The fourth-order valence-electron chi connectivity index (χ4n) is 1.67. The minimum absolute atomic E-state index is 0.0633. The first kappa shape index (κ1) is 13.0.